The van der Waals surface area contributed by atoms with Crippen LogP contribution < -0.4 is 4.90 Å². The molecule has 0 spiro atoms. The van der Waals surface area contributed by atoms with E-state index < -0.39 is 0 Å². The van der Waals surface area contributed by atoms with Crippen molar-refractivity contribution >= 4 is 32.6 Å². The van der Waals surface area contributed by atoms with Gasteiger partial charge in [-0.3, -0.25) is 9.69 Å². The molecule has 0 aliphatic heterocycles. The van der Waals surface area contributed by atoms with Gasteiger partial charge >= 0.3 is 0 Å². The number of fused-ring (bicyclic) bond motifs is 1. The number of rotatable bonds is 5. The van der Waals surface area contributed by atoms with E-state index in [-0.39, 0.29) is 5.91 Å². The van der Waals surface area contributed by atoms with Gasteiger partial charge in [0, 0.05) is 0 Å². The minimum Gasteiger partial charge on any atom is -0.283 e. The Morgan fingerprint density at radius 1 is 0.933 bits per heavy atom. The maximum Gasteiger partial charge on any atom is 0.233 e. The first-order chi connectivity index (χ1) is 14.4. The number of nitrogens with zero attached hydrogens (tertiary/aromatic N) is 2. The number of hydrogen-bond donors (Lipinski definition) is 0. The molecule has 0 aliphatic carbocycles. The molecule has 3 aromatic carbocycles. The van der Waals surface area contributed by atoms with Gasteiger partial charge in [0.15, 0.2) is 5.13 Å². The second kappa shape index (κ2) is 8.41. The summed E-state index contributed by atoms with van der Waals surface area (Å²) < 4.78 is 1.12. The monoisotopic (exact) mass is 414 g/mol. The first-order valence-electron chi connectivity index (χ1n) is 10.2. The Morgan fingerprint density at radius 2 is 1.67 bits per heavy atom. The summed E-state index contributed by atoms with van der Waals surface area (Å²) in [6.07, 6.45) is 0.369. The zero-order chi connectivity index (χ0) is 21.3. The van der Waals surface area contributed by atoms with Crippen LogP contribution in [0.25, 0.3) is 10.2 Å². The summed E-state index contributed by atoms with van der Waals surface area (Å²) in [7, 11) is 0. The summed E-state index contributed by atoms with van der Waals surface area (Å²) in [5, 5.41) is 0.762. The van der Waals surface area contributed by atoms with Crippen molar-refractivity contribution in [1.82, 2.24) is 4.98 Å². The minimum absolute atomic E-state index is 0.0704. The number of carbonyl (C=O) groups excluding carboxylic acids is 1. The van der Waals surface area contributed by atoms with Crippen LogP contribution in [0.3, 0.4) is 0 Å². The molecule has 0 aliphatic rings. The van der Waals surface area contributed by atoms with E-state index in [1.807, 2.05) is 23.1 Å². The molecule has 1 heterocycles. The van der Waals surface area contributed by atoms with E-state index in [0.717, 1.165) is 32.0 Å². The van der Waals surface area contributed by atoms with Gasteiger partial charge in [0.05, 0.1) is 23.2 Å². The highest BCUT2D eigenvalue weighted by Gasteiger charge is 2.22. The maximum absolute atomic E-state index is 13.5. The van der Waals surface area contributed by atoms with Crippen molar-refractivity contribution in [1.29, 1.82) is 0 Å². The van der Waals surface area contributed by atoms with Crippen LogP contribution in [0.5, 0.6) is 0 Å². The average molecular weight is 415 g/mol. The Kier molecular flexibility index (Phi) is 5.69. The van der Waals surface area contributed by atoms with Gasteiger partial charge in [0.1, 0.15) is 0 Å². The van der Waals surface area contributed by atoms with Crippen LogP contribution in [0.1, 0.15) is 33.4 Å². The van der Waals surface area contributed by atoms with Crippen LogP contribution in [0, 0.1) is 27.7 Å². The van der Waals surface area contributed by atoms with Gasteiger partial charge < -0.3 is 0 Å². The number of carbonyl (C=O) groups is 1. The molecule has 4 heteroatoms. The largest absolute Gasteiger partial charge is 0.283 e. The average Bonchev–Trinajstić information content (AvgIpc) is 3.17. The molecule has 4 aromatic rings. The molecular formula is C26H26N2OS. The normalized spacial score (nSPS) is 11.1. The summed E-state index contributed by atoms with van der Waals surface area (Å²) in [4.78, 5) is 20.2. The zero-order valence-electron chi connectivity index (χ0n) is 17.9. The van der Waals surface area contributed by atoms with Gasteiger partial charge in [-0.1, -0.05) is 71.5 Å². The Morgan fingerprint density at radius 3 is 2.43 bits per heavy atom. The number of aromatic nitrogens is 1. The molecule has 0 fully saturated rings. The Labute approximate surface area is 182 Å². The molecule has 0 N–H and O–H groups in total. The summed E-state index contributed by atoms with van der Waals surface area (Å²) in [6.45, 7) is 8.84. The lowest BCUT2D eigenvalue weighted by molar-refractivity contribution is -0.118. The topological polar surface area (TPSA) is 33.2 Å². The molecule has 0 saturated heterocycles. The van der Waals surface area contributed by atoms with Crippen molar-refractivity contribution < 1.29 is 4.79 Å². The van der Waals surface area contributed by atoms with Crippen molar-refractivity contribution in [2.75, 3.05) is 4.90 Å². The number of hydrogen-bond acceptors (Lipinski definition) is 3. The fourth-order valence-electron chi connectivity index (χ4n) is 3.61. The van der Waals surface area contributed by atoms with Crippen molar-refractivity contribution in [3.8, 4) is 0 Å². The van der Waals surface area contributed by atoms with Crippen molar-refractivity contribution in [2.24, 2.45) is 0 Å². The second-order valence-corrected chi connectivity index (χ2v) is 8.93. The summed E-state index contributed by atoms with van der Waals surface area (Å²) >= 11 is 1.59. The number of benzene rings is 3. The van der Waals surface area contributed by atoms with Gasteiger partial charge in [-0.25, -0.2) is 4.98 Å². The smallest absolute Gasteiger partial charge is 0.233 e. The molecular weight excluding hydrogens is 388 g/mol. The fourth-order valence-corrected chi connectivity index (χ4v) is 4.65. The Hall–Kier alpha value is -2.98. The highest BCUT2D eigenvalue weighted by atomic mass is 32.1. The number of thiazole rings is 1. The van der Waals surface area contributed by atoms with Gasteiger partial charge in [-0.05, 0) is 61.6 Å². The maximum atomic E-state index is 13.5. The molecule has 3 nitrogen and oxygen atoms in total. The summed E-state index contributed by atoms with van der Waals surface area (Å²) in [5.74, 6) is 0.0704. The lowest BCUT2D eigenvalue weighted by Gasteiger charge is -2.21. The molecule has 152 valence electrons. The van der Waals surface area contributed by atoms with E-state index in [9.17, 15) is 4.79 Å². The van der Waals surface area contributed by atoms with E-state index in [4.69, 9.17) is 4.98 Å². The summed E-state index contributed by atoms with van der Waals surface area (Å²) in [6, 6.07) is 20.6. The molecule has 1 aromatic heterocycles. The zero-order valence-corrected chi connectivity index (χ0v) is 18.7. The van der Waals surface area contributed by atoms with Crippen LogP contribution >= 0.6 is 11.3 Å². The lowest BCUT2D eigenvalue weighted by Crippen LogP contribution is -2.32. The Balaban J connectivity index is 1.73. The lowest BCUT2D eigenvalue weighted by atomic mass is 10.0. The molecule has 4 rings (SSSR count). The molecule has 0 saturated carbocycles. The third-order valence-electron chi connectivity index (χ3n) is 5.64. The van der Waals surface area contributed by atoms with Gasteiger partial charge in [0.2, 0.25) is 5.91 Å². The van der Waals surface area contributed by atoms with Gasteiger partial charge in [-0.2, -0.15) is 0 Å². The van der Waals surface area contributed by atoms with Gasteiger partial charge in [0.25, 0.3) is 0 Å². The van der Waals surface area contributed by atoms with Crippen molar-refractivity contribution in [3.63, 3.8) is 0 Å². The first-order valence-corrected chi connectivity index (χ1v) is 11.0. The van der Waals surface area contributed by atoms with Crippen LogP contribution in [-0.2, 0) is 17.8 Å². The molecule has 0 unspecified atom stereocenters. The molecule has 0 bridgehead atoms. The predicted molar refractivity (Wildman–Crippen MR) is 126 cm³/mol. The van der Waals surface area contributed by atoms with Crippen LogP contribution in [-0.4, -0.2) is 10.9 Å². The quantitative estimate of drug-likeness (QED) is 0.384. The van der Waals surface area contributed by atoms with E-state index in [2.05, 4.69) is 70.2 Å². The van der Waals surface area contributed by atoms with Crippen LogP contribution in [0.4, 0.5) is 5.13 Å². The Bertz CT molecular complexity index is 1210. The van der Waals surface area contributed by atoms with Gasteiger partial charge in [-0.15, -0.1) is 0 Å². The SMILES string of the molecule is Cc1ccc(C)c(CC(=O)N(Cc2ccccc2)c2nc3c(C)c(C)ccc3s2)c1. The summed E-state index contributed by atoms with van der Waals surface area (Å²) in [5.41, 5.74) is 7.87. The number of aryl methyl sites for hydroxylation is 4. The highest BCUT2D eigenvalue weighted by molar-refractivity contribution is 7.22. The molecule has 1 amide bonds. The van der Waals surface area contributed by atoms with Crippen LogP contribution in [0.2, 0.25) is 0 Å². The molecule has 30 heavy (non-hydrogen) atoms. The standard InChI is InChI=1S/C26H26N2OS/c1-17-10-11-19(3)22(14-17)15-24(29)28(16-21-8-6-5-7-9-21)26-27-25-20(4)18(2)12-13-23(25)30-26/h5-14H,15-16H2,1-4H3. The van der Waals surface area contributed by atoms with E-state index in [1.54, 1.807) is 11.3 Å². The van der Waals surface area contributed by atoms with E-state index >= 15 is 0 Å². The molecule has 0 radical (unpaired) electrons. The number of anilines is 1. The number of amides is 1. The second-order valence-electron chi connectivity index (χ2n) is 7.92. The van der Waals surface area contributed by atoms with E-state index in [1.165, 1.54) is 16.7 Å². The predicted octanol–water partition coefficient (Wildman–Crippen LogP) is 6.31. The minimum atomic E-state index is 0.0704. The van der Waals surface area contributed by atoms with E-state index in [0.29, 0.717) is 13.0 Å². The highest BCUT2D eigenvalue weighted by Crippen LogP contribution is 2.33. The molecule has 0 atom stereocenters. The third kappa shape index (κ3) is 4.14. The van der Waals surface area contributed by atoms with Crippen molar-refractivity contribution in [2.45, 2.75) is 40.7 Å². The fraction of sp³-hybridized carbons (Fsp3) is 0.231. The first kappa shape index (κ1) is 20.3. The van der Waals surface area contributed by atoms with Crippen LogP contribution in [0.15, 0.2) is 60.7 Å². The third-order valence-corrected chi connectivity index (χ3v) is 6.68. The van der Waals surface area contributed by atoms with Crippen molar-refractivity contribution in [3.05, 3.63) is 94.0 Å².